The Hall–Kier alpha value is -2.41. The molecule has 0 bridgehead atoms. The molecule has 26 heavy (non-hydrogen) atoms. The average Bonchev–Trinajstić information content (AvgIpc) is 3.04. The Balaban J connectivity index is 1.78. The van der Waals surface area contributed by atoms with Crippen LogP contribution in [0, 0.1) is 0 Å². The summed E-state index contributed by atoms with van der Waals surface area (Å²) in [6.45, 7) is 2.79. The molecule has 142 valence electrons. The molecule has 0 aromatic heterocycles. The lowest BCUT2D eigenvalue weighted by molar-refractivity contribution is -0.138. The number of likely N-dealkylation sites (tertiary alicyclic amines) is 1. The number of likely N-dealkylation sites (N-methyl/N-ethyl adjacent to an activating group) is 1. The van der Waals surface area contributed by atoms with Crippen molar-refractivity contribution in [1.82, 2.24) is 15.5 Å². The number of carbonyl (C=O) groups is 3. The van der Waals surface area contributed by atoms with Crippen LogP contribution >= 0.6 is 0 Å². The Bertz CT molecular complexity index is 620. The second kappa shape index (κ2) is 9.91. The van der Waals surface area contributed by atoms with Crippen LogP contribution in [-0.4, -0.2) is 54.9 Å². The van der Waals surface area contributed by atoms with E-state index in [1.807, 2.05) is 30.3 Å². The first-order chi connectivity index (χ1) is 12.5. The van der Waals surface area contributed by atoms with Crippen molar-refractivity contribution in [3.05, 3.63) is 35.9 Å². The molecule has 7 nitrogen and oxygen atoms in total. The first-order valence-corrected chi connectivity index (χ1v) is 8.91. The predicted octanol–water partition coefficient (Wildman–Crippen LogP) is 0.835. The molecule has 2 rings (SSSR count). The van der Waals surface area contributed by atoms with Crippen LogP contribution in [-0.2, 0) is 25.7 Å². The number of amides is 3. The second-order valence-electron chi connectivity index (χ2n) is 6.45. The summed E-state index contributed by atoms with van der Waals surface area (Å²) in [4.78, 5) is 37.4. The normalized spacial score (nSPS) is 19.2. The van der Waals surface area contributed by atoms with E-state index in [4.69, 9.17) is 4.74 Å². The first kappa shape index (κ1) is 19.9. The van der Waals surface area contributed by atoms with Crippen molar-refractivity contribution in [1.29, 1.82) is 0 Å². The van der Waals surface area contributed by atoms with Crippen molar-refractivity contribution in [3.63, 3.8) is 0 Å². The van der Waals surface area contributed by atoms with Crippen molar-refractivity contribution in [2.24, 2.45) is 0 Å². The third-order valence-corrected chi connectivity index (χ3v) is 4.37. The highest BCUT2D eigenvalue weighted by atomic mass is 16.5. The van der Waals surface area contributed by atoms with Crippen LogP contribution in [0.5, 0.6) is 0 Å². The third-order valence-electron chi connectivity index (χ3n) is 4.37. The van der Waals surface area contributed by atoms with Gasteiger partial charge in [0.15, 0.2) is 0 Å². The fourth-order valence-corrected chi connectivity index (χ4v) is 3.15. The maximum absolute atomic E-state index is 12.5. The molecule has 1 aromatic carbocycles. The van der Waals surface area contributed by atoms with Gasteiger partial charge in [-0.3, -0.25) is 14.4 Å². The van der Waals surface area contributed by atoms with E-state index in [1.54, 1.807) is 11.9 Å². The van der Waals surface area contributed by atoms with Crippen LogP contribution in [0.1, 0.15) is 31.7 Å². The van der Waals surface area contributed by atoms with Crippen molar-refractivity contribution in [3.8, 4) is 0 Å². The summed E-state index contributed by atoms with van der Waals surface area (Å²) < 4.78 is 5.59. The molecule has 3 amide bonds. The van der Waals surface area contributed by atoms with Gasteiger partial charge in [0.05, 0.1) is 6.61 Å². The molecule has 1 aromatic rings. The minimum Gasteiger partial charge on any atom is -0.377 e. The maximum atomic E-state index is 12.5. The van der Waals surface area contributed by atoms with Gasteiger partial charge in [-0.2, -0.15) is 0 Å². The highest BCUT2D eigenvalue weighted by Gasteiger charge is 2.39. The summed E-state index contributed by atoms with van der Waals surface area (Å²) in [5.41, 5.74) is 1.09. The fraction of sp³-hybridized carbons (Fsp3) is 0.526. The Morgan fingerprint density at radius 3 is 2.62 bits per heavy atom. The Kier molecular flexibility index (Phi) is 7.59. The molecule has 2 atom stereocenters. The Morgan fingerprint density at radius 2 is 1.96 bits per heavy atom. The van der Waals surface area contributed by atoms with Crippen molar-refractivity contribution in [2.45, 2.75) is 44.9 Å². The molecule has 1 heterocycles. The van der Waals surface area contributed by atoms with E-state index < -0.39 is 6.04 Å². The lowest BCUT2D eigenvalue weighted by Crippen LogP contribution is -2.45. The zero-order chi connectivity index (χ0) is 18.9. The van der Waals surface area contributed by atoms with E-state index in [2.05, 4.69) is 10.6 Å². The number of nitrogens with one attached hydrogen (secondary N) is 2. The minimum atomic E-state index is -0.533. The molecule has 0 radical (unpaired) electrons. The lowest BCUT2D eigenvalue weighted by Gasteiger charge is -2.23. The van der Waals surface area contributed by atoms with E-state index in [-0.39, 0.29) is 23.8 Å². The van der Waals surface area contributed by atoms with Gasteiger partial charge in [-0.1, -0.05) is 30.3 Å². The van der Waals surface area contributed by atoms with Gasteiger partial charge in [0, 0.05) is 39.6 Å². The van der Waals surface area contributed by atoms with Gasteiger partial charge < -0.3 is 20.3 Å². The standard InChI is InChI=1S/C19H27N3O4/c1-14(23)21-16-11-17(19(25)20-2)22(12-16)18(24)9-6-10-26-13-15-7-4-3-5-8-15/h3-5,7-8,16-17H,6,9-13H2,1-2H3,(H,20,25)(H,21,23)/t16-,17+/m1/s1. The van der Waals surface area contributed by atoms with Crippen LogP contribution in [0.25, 0.3) is 0 Å². The van der Waals surface area contributed by atoms with Crippen LogP contribution in [0.15, 0.2) is 30.3 Å². The van der Waals surface area contributed by atoms with Gasteiger partial charge in [0.2, 0.25) is 17.7 Å². The zero-order valence-electron chi connectivity index (χ0n) is 15.4. The van der Waals surface area contributed by atoms with Crippen molar-refractivity contribution in [2.75, 3.05) is 20.2 Å². The van der Waals surface area contributed by atoms with Crippen LogP contribution in [0.3, 0.4) is 0 Å². The molecule has 1 aliphatic heterocycles. The first-order valence-electron chi connectivity index (χ1n) is 8.91. The monoisotopic (exact) mass is 361 g/mol. The van der Waals surface area contributed by atoms with Crippen LogP contribution < -0.4 is 10.6 Å². The number of benzene rings is 1. The van der Waals surface area contributed by atoms with E-state index >= 15 is 0 Å². The summed E-state index contributed by atoms with van der Waals surface area (Å²) in [7, 11) is 1.55. The summed E-state index contributed by atoms with van der Waals surface area (Å²) in [6, 6.07) is 9.13. The van der Waals surface area contributed by atoms with Crippen molar-refractivity contribution < 1.29 is 19.1 Å². The fourth-order valence-electron chi connectivity index (χ4n) is 3.15. The quantitative estimate of drug-likeness (QED) is 0.672. The third kappa shape index (κ3) is 5.84. The van der Waals surface area contributed by atoms with Gasteiger partial charge in [-0.15, -0.1) is 0 Å². The SMILES string of the molecule is CNC(=O)[C@@H]1C[C@@H](NC(C)=O)CN1C(=O)CCCOCc1ccccc1. The van der Waals surface area contributed by atoms with Crippen LogP contribution in [0.4, 0.5) is 0 Å². The van der Waals surface area contributed by atoms with E-state index in [9.17, 15) is 14.4 Å². The average molecular weight is 361 g/mol. The van der Waals surface area contributed by atoms with Gasteiger partial charge in [-0.25, -0.2) is 0 Å². The van der Waals surface area contributed by atoms with Gasteiger partial charge in [0.25, 0.3) is 0 Å². The molecule has 7 heteroatoms. The summed E-state index contributed by atoms with van der Waals surface area (Å²) >= 11 is 0. The minimum absolute atomic E-state index is 0.0882. The lowest BCUT2D eigenvalue weighted by atomic mass is 10.1. The summed E-state index contributed by atoms with van der Waals surface area (Å²) in [5.74, 6) is -0.449. The second-order valence-corrected chi connectivity index (χ2v) is 6.45. The molecule has 1 aliphatic rings. The molecule has 1 fully saturated rings. The number of hydrogen-bond acceptors (Lipinski definition) is 4. The van der Waals surface area contributed by atoms with E-state index in [0.717, 1.165) is 5.56 Å². The van der Waals surface area contributed by atoms with Gasteiger partial charge >= 0.3 is 0 Å². The summed E-state index contributed by atoms with van der Waals surface area (Å²) in [5, 5.41) is 5.38. The molecular formula is C19H27N3O4. The number of nitrogens with zero attached hydrogens (tertiary/aromatic N) is 1. The largest absolute Gasteiger partial charge is 0.377 e. The predicted molar refractivity (Wildman–Crippen MR) is 97.1 cm³/mol. The highest BCUT2D eigenvalue weighted by Crippen LogP contribution is 2.20. The number of ether oxygens (including phenoxy) is 1. The molecular weight excluding hydrogens is 334 g/mol. The molecule has 0 aliphatic carbocycles. The molecule has 0 spiro atoms. The molecule has 1 saturated heterocycles. The number of hydrogen-bond donors (Lipinski definition) is 2. The maximum Gasteiger partial charge on any atom is 0.242 e. The molecule has 0 saturated carbocycles. The molecule has 2 N–H and O–H groups in total. The highest BCUT2D eigenvalue weighted by molar-refractivity contribution is 5.88. The summed E-state index contributed by atoms with van der Waals surface area (Å²) in [6.07, 6.45) is 1.35. The van der Waals surface area contributed by atoms with Crippen LogP contribution in [0.2, 0.25) is 0 Å². The van der Waals surface area contributed by atoms with Gasteiger partial charge in [0.1, 0.15) is 6.04 Å². The number of carbonyl (C=O) groups excluding carboxylic acids is 3. The topological polar surface area (TPSA) is 87.7 Å². The van der Waals surface area contributed by atoms with Crippen molar-refractivity contribution >= 4 is 17.7 Å². The smallest absolute Gasteiger partial charge is 0.242 e. The van der Waals surface area contributed by atoms with Gasteiger partial charge in [-0.05, 0) is 18.4 Å². The molecule has 0 unspecified atom stereocenters. The zero-order valence-corrected chi connectivity index (χ0v) is 15.4. The van der Waals surface area contributed by atoms with E-state index in [1.165, 1.54) is 6.92 Å². The Labute approximate surface area is 154 Å². The Morgan fingerprint density at radius 1 is 1.23 bits per heavy atom. The van der Waals surface area contributed by atoms with E-state index in [0.29, 0.717) is 39.0 Å². The number of rotatable bonds is 8.